The third-order valence-corrected chi connectivity index (χ3v) is 5.75. The van der Waals surface area contributed by atoms with Crippen LogP contribution in [0, 0.1) is 0 Å². The third-order valence-electron chi connectivity index (χ3n) is 4.17. The van der Waals surface area contributed by atoms with Crippen molar-refractivity contribution in [1.82, 2.24) is 0 Å². The van der Waals surface area contributed by atoms with Gasteiger partial charge in [0, 0.05) is 23.3 Å². The molecule has 0 amide bonds. The summed E-state index contributed by atoms with van der Waals surface area (Å²) >= 11 is -1.30. The Hall–Kier alpha value is -1.49. The molecule has 1 aliphatic heterocycles. The number of phosphoric ester groups is 1. The summed E-state index contributed by atoms with van der Waals surface area (Å²) in [7, 11) is -3.46. The van der Waals surface area contributed by atoms with Crippen LogP contribution in [-0.4, -0.2) is 69.3 Å². The first-order chi connectivity index (χ1) is 14.7. The molecule has 0 fully saturated rings. The van der Waals surface area contributed by atoms with Gasteiger partial charge in [-0.05, 0) is 30.2 Å². The molecule has 0 radical (unpaired) electrons. The zero-order valence-corrected chi connectivity index (χ0v) is 18.5. The molecule has 1 heterocycles. The minimum atomic E-state index is -4.79. The summed E-state index contributed by atoms with van der Waals surface area (Å²) in [4.78, 5) is 31.4. The van der Waals surface area contributed by atoms with E-state index in [1.807, 2.05) is 6.92 Å². The average molecular weight is 492 g/mol. The van der Waals surface area contributed by atoms with Gasteiger partial charge < -0.3 is 23.3 Å². The first-order valence-electron chi connectivity index (χ1n) is 9.19. The number of carbonyl (C=O) groups is 1. The molecule has 9 nitrogen and oxygen atoms in total. The molecule has 12 heteroatoms. The molecule has 0 aromatic heterocycles. The summed E-state index contributed by atoms with van der Waals surface area (Å²) in [6, 6.07) is 7.47. The quantitative estimate of drug-likeness (QED) is 0.178. The normalized spacial score (nSPS) is 15.0. The molecule has 1 unspecified atom stereocenters. The fourth-order valence-corrected chi connectivity index (χ4v) is 4.14. The van der Waals surface area contributed by atoms with Gasteiger partial charge in [0.25, 0.3) is 5.94 Å². The Morgan fingerprint density at radius 3 is 2.66 bits per heavy atom. The molecular formula is C20H22NaO9PS. The Balaban J connectivity index is 0.00000363. The standard InChI is InChI=1S/C20H21O9PS.Na.H/c1-3-8-27-17-11-20-19(28-12-31(20)25)10-14(17)15(21)6-4-13-5-7-16(26-2)18(9-13)29-30(22,23)24;;/h4-7,9-11H,3,8,12H2,1-2H3,(H2,22,23,24);;/b6-4+;;. The SMILES string of the molecule is CCCOc1cc2c(cc1C(=O)/C=C/c1ccc(OC)c(OP(=O)(O)O)c1)OC[S+]2[O-].[NaH]. The van der Waals surface area contributed by atoms with Crippen LogP contribution in [0.25, 0.3) is 6.08 Å². The predicted molar refractivity (Wildman–Crippen MR) is 120 cm³/mol. The molecule has 0 saturated heterocycles. The third kappa shape index (κ3) is 6.76. The van der Waals surface area contributed by atoms with Crippen molar-refractivity contribution in [1.29, 1.82) is 0 Å². The zero-order valence-electron chi connectivity index (χ0n) is 16.8. The average Bonchev–Trinajstić information content (AvgIpc) is 3.08. The molecule has 2 aromatic carbocycles. The monoisotopic (exact) mass is 492 g/mol. The maximum absolute atomic E-state index is 12.8. The molecule has 2 aromatic rings. The molecule has 0 spiro atoms. The second-order valence-corrected chi connectivity index (χ2v) is 8.97. The van der Waals surface area contributed by atoms with Crippen LogP contribution in [0.4, 0.5) is 0 Å². The van der Waals surface area contributed by atoms with Gasteiger partial charge in [-0.25, -0.2) is 4.57 Å². The fraction of sp³-hybridized carbons (Fsp3) is 0.250. The molecule has 0 saturated carbocycles. The van der Waals surface area contributed by atoms with Crippen LogP contribution < -0.4 is 18.7 Å². The summed E-state index contributed by atoms with van der Waals surface area (Å²) in [5, 5.41) is 0. The van der Waals surface area contributed by atoms with Crippen molar-refractivity contribution in [3.8, 4) is 23.0 Å². The van der Waals surface area contributed by atoms with E-state index in [4.69, 9.17) is 24.0 Å². The summed E-state index contributed by atoms with van der Waals surface area (Å²) in [6.07, 6.45) is 3.48. The molecule has 3 rings (SSSR count). The molecule has 168 valence electrons. The Morgan fingerprint density at radius 2 is 2.00 bits per heavy atom. The van der Waals surface area contributed by atoms with Crippen molar-refractivity contribution >= 4 is 60.4 Å². The number of benzene rings is 2. The Morgan fingerprint density at radius 1 is 1.25 bits per heavy atom. The van der Waals surface area contributed by atoms with E-state index in [1.165, 1.54) is 37.5 Å². The minimum absolute atomic E-state index is 0. The van der Waals surface area contributed by atoms with Crippen LogP contribution >= 0.6 is 7.82 Å². The maximum atomic E-state index is 12.8. The van der Waals surface area contributed by atoms with Gasteiger partial charge in [0.15, 0.2) is 23.0 Å². The van der Waals surface area contributed by atoms with E-state index in [9.17, 15) is 13.9 Å². The van der Waals surface area contributed by atoms with Gasteiger partial charge in [-0.15, -0.1) is 0 Å². The Kier molecular flexibility index (Phi) is 9.68. The van der Waals surface area contributed by atoms with E-state index in [-0.39, 0.29) is 58.3 Å². The van der Waals surface area contributed by atoms with Crippen molar-refractivity contribution < 1.29 is 42.4 Å². The first kappa shape index (κ1) is 26.8. The van der Waals surface area contributed by atoms with Crippen LogP contribution in [0.2, 0.25) is 0 Å². The number of allylic oxidation sites excluding steroid dienone is 1. The number of ketones is 1. The van der Waals surface area contributed by atoms with Crippen molar-refractivity contribution in [3.63, 3.8) is 0 Å². The molecule has 0 aliphatic carbocycles. The number of ether oxygens (including phenoxy) is 3. The number of fused-ring (bicyclic) bond motifs is 1. The number of rotatable bonds is 9. The van der Waals surface area contributed by atoms with Crippen LogP contribution in [0.15, 0.2) is 41.3 Å². The molecule has 0 bridgehead atoms. The Bertz CT molecular complexity index is 1050. The number of phosphoric acid groups is 1. The number of hydrogen-bond donors (Lipinski definition) is 2. The summed E-state index contributed by atoms with van der Waals surface area (Å²) in [6.45, 7) is 2.31. The molecule has 1 atom stereocenters. The topological polar surface area (TPSA) is 135 Å². The van der Waals surface area contributed by atoms with Crippen molar-refractivity contribution in [2.45, 2.75) is 18.2 Å². The van der Waals surface area contributed by atoms with Crippen molar-refractivity contribution in [2.24, 2.45) is 0 Å². The molecular weight excluding hydrogens is 470 g/mol. The second-order valence-electron chi connectivity index (χ2n) is 6.44. The van der Waals surface area contributed by atoms with E-state index in [0.29, 0.717) is 28.6 Å². The van der Waals surface area contributed by atoms with Crippen LogP contribution in [0.1, 0.15) is 29.3 Å². The van der Waals surface area contributed by atoms with Crippen molar-refractivity contribution in [2.75, 3.05) is 19.7 Å². The predicted octanol–water partition coefficient (Wildman–Crippen LogP) is 2.66. The van der Waals surface area contributed by atoms with Gasteiger partial charge >= 0.3 is 37.4 Å². The number of carbonyl (C=O) groups excluding carboxylic acids is 1. The van der Waals surface area contributed by atoms with Gasteiger partial charge in [-0.2, -0.15) is 0 Å². The van der Waals surface area contributed by atoms with Crippen LogP contribution in [-0.2, 0) is 15.7 Å². The van der Waals surface area contributed by atoms with Crippen molar-refractivity contribution in [3.05, 3.63) is 47.5 Å². The molecule has 2 N–H and O–H groups in total. The number of hydrogen-bond acceptors (Lipinski definition) is 7. The number of methoxy groups -OCH3 is 1. The molecule has 1 aliphatic rings. The second kappa shape index (κ2) is 11.6. The van der Waals surface area contributed by atoms with E-state index < -0.39 is 19.0 Å². The summed E-state index contributed by atoms with van der Waals surface area (Å²) < 4.78 is 43.9. The van der Waals surface area contributed by atoms with Crippen LogP contribution in [0.5, 0.6) is 23.0 Å². The molecule has 32 heavy (non-hydrogen) atoms. The zero-order chi connectivity index (χ0) is 22.6. The van der Waals surface area contributed by atoms with E-state index in [1.54, 1.807) is 12.1 Å². The Labute approximate surface area is 210 Å². The first-order valence-corrected chi connectivity index (χ1v) is 12.0. The van der Waals surface area contributed by atoms with Crippen LogP contribution in [0.3, 0.4) is 0 Å². The van der Waals surface area contributed by atoms with Gasteiger partial charge in [0.05, 0.1) is 19.3 Å². The van der Waals surface area contributed by atoms with E-state index in [0.717, 1.165) is 6.42 Å². The summed E-state index contributed by atoms with van der Waals surface area (Å²) in [5.74, 6) is 0.305. The fourth-order valence-electron chi connectivity index (χ4n) is 2.79. The van der Waals surface area contributed by atoms with E-state index in [2.05, 4.69) is 4.52 Å². The van der Waals surface area contributed by atoms with Gasteiger partial charge in [-0.1, -0.05) is 19.1 Å². The summed E-state index contributed by atoms with van der Waals surface area (Å²) in [5.41, 5.74) is 0.703. The van der Waals surface area contributed by atoms with Gasteiger partial charge in [-0.3, -0.25) is 14.6 Å². The van der Waals surface area contributed by atoms with Gasteiger partial charge in [0.2, 0.25) is 4.90 Å². The van der Waals surface area contributed by atoms with Gasteiger partial charge in [0.1, 0.15) is 5.75 Å². The van der Waals surface area contributed by atoms with E-state index >= 15 is 0 Å².